The van der Waals surface area contributed by atoms with Gasteiger partial charge >= 0.3 is 0 Å². The van der Waals surface area contributed by atoms with Crippen LogP contribution in [0.25, 0.3) is 0 Å². The molecule has 2 heterocycles. The van der Waals surface area contributed by atoms with Crippen LogP contribution in [0.3, 0.4) is 0 Å². The molecule has 2 aromatic carbocycles. The number of fused-ring (bicyclic) bond motifs is 1. The van der Waals surface area contributed by atoms with Gasteiger partial charge in [-0.3, -0.25) is 9.10 Å². The van der Waals surface area contributed by atoms with Crippen LogP contribution in [0.5, 0.6) is 0 Å². The Morgan fingerprint density at radius 2 is 1.97 bits per heavy atom. The molecule has 0 radical (unpaired) electrons. The Bertz CT molecular complexity index is 1160. The lowest BCUT2D eigenvalue weighted by molar-refractivity contribution is 0.102. The number of hydrogen-bond acceptors (Lipinski definition) is 7. The Hall–Kier alpha value is -2.65. The van der Waals surface area contributed by atoms with Crippen LogP contribution < -0.4 is 4.31 Å². The maximum absolute atomic E-state index is 12.6. The molecule has 30 heavy (non-hydrogen) atoms. The van der Waals surface area contributed by atoms with Gasteiger partial charge in [-0.2, -0.15) is 0 Å². The molecule has 0 unspecified atom stereocenters. The summed E-state index contributed by atoms with van der Waals surface area (Å²) in [5.74, 6) is 0.663. The van der Waals surface area contributed by atoms with Gasteiger partial charge in [-0.1, -0.05) is 42.1 Å². The molecule has 156 valence electrons. The zero-order chi connectivity index (χ0) is 21.1. The number of rotatable bonds is 8. The lowest BCUT2D eigenvalue weighted by atomic mass is 10.1. The van der Waals surface area contributed by atoms with Crippen molar-refractivity contribution >= 4 is 33.3 Å². The summed E-state index contributed by atoms with van der Waals surface area (Å²) in [7, 11) is -3.29. The Balaban J connectivity index is 1.38. The third-order valence-electron chi connectivity index (χ3n) is 4.93. The van der Waals surface area contributed by atoms with Crippen molar-refractivity contribution in [2.75, 3.05) is 22.4 Å². The molecule has 7 nitrogen and oxygen atoms in total. The average Bonchev–Trinajstić information content (AvgIpc) is 3.39. The van der Waals surface area contributed by atoms with Gasteiger partial charge in [0.05, 0.1) is 23.6 Å². The first-order valence-electron chi connectivity index (χ1n) is 9.62. The quantitative estimate of drug-likeness (QED) is 0.389. The van der Waals surface area contributed by atoms with E-state index in [1.165, 1.54) is 16.1 Å². The molecule has 0 amide bonds. The second-order valence-electron chi connectivity index (χ2n) is 6.90. The highest BCUT2D eigenvalue weighted by molar-refractivity contribution is 7.99. The van der Waals surface area contributed by atoms with Crippen LogP contribution in [0, 0.1) is 0 Å². The summed E-state index contributed by atoms with van der Waals surface area (Å²) in [5.41, 5.74) is 3.18. The monoisotopic (exact) mass is 443 g/mol. The molecule has 0 saturated carbocycles. The second kappa shape index (κ2) is 8.61. The summed E-state index contributed by atoms with van der Waals surface area (Å²) in [4.78, 5) is 12.6. The molecule has 9 heteroatoms. The number of aromatic nitrogens is 2. The van der Waals surface area contributed by atoms with E-state index in [0.29, 0.717) is 41.8 Å². The van der Waals surface area contributed by atoms with Crippen molar-refractivity contribution in [2.45, 2.75) is 25.0 Å². The summed E-state index contributed by atoms with van der Waals surface area (Å²) in [5, 5.41) is 8.40. The van der Waals surface area contributed by atoms with Crippen molar-refractivity contribution in [2.24, 2.45) is 0 Å². The van der Waals surface area contributed by atoms with Gasteiger partial charge in [0.25, 0.3) is 5.22 Å². The lowest BCUT2D eigenvalue weighted by Gasteiger charge is -2.18. The minimum Gasteiger partial charge on any atom is -0.416 e. The maximum Gasteiger partial charge on any atom is 0.277 e. The molecule has 0 fully saturated rings. The number of Topliss-reactive ketones (excluding diaryl/α,β-unsaturated/α-hetero) is 1. The van der Waals surface area contributed by atoms with Gasteiger partial charge in [0, 0.05) is 12.1 Å². The average molecular weight is 444 g/mol. The number of ketones is 1. The molecule has 0 spiro atoms. The standard InChI is InChI=1S/C21H21N3O4S2/c1-2-30(26,27)24-11-10-16-13-17(8-9-18(16)24)19(25)14-29-21-23-22-20(28-21)12-15-6-4-3-5-7-15/h3-9,13H,2,10-12,14H2,1H3. The molecule has 0 atom stereocenters. The van der Waals surface area contributed by atoms with Gasteiger partial charge < -0.3 is 4.42 Å². The van der Waals surface area contributed by atoms with E-state index >= 15 is 0 Å². The van der Waals surface area contributed by atoms with Crippen molar-refractivity contribution in [1.82, 2.24) is 10.2 Å². The van der Waals surface area contributed by atoms with Gasteiger partial charge in [0.2, 0.25) is 15.9 Å². The number of nitrogens with zero attached hydrogens (tertiary/aromatic N) is 3. The molecule has 0 saturated heterocycles. The number of sulfonamides is 1. The molecule has 0 bridgehead atoms. The van der Waals surface area contributed by atoms with Gasteiger partial charge in [-0.15, -0.1) is 10.2 Å². The molecule has 0 N–H and O–H groups in total. The fraction of sp³-hybridized carbons (Fsp3) is 0.286. The first-order chi connectivity index (χ1) is 14.5. The number of benzene rings is 2. The van der Waals surface area contributed by atoms with Crippen molar-refractivity contribution in [3.05, 3.63) is 71.1 Å². The van der Waals surface area contributed by atoms with E-state index in [4.69, 9.17) is 4.42 Å². The predicted octanol–water partition coefficient (Wildman–Crippen LogP) is 3.35. The SMILES string of the molecule is CCS(=O)(=O)N1CCc2cc(C(=O)CSc3nnc(Cc4ccccc4)o3)ccc21. The highest BCUT2D eigenvalue weighted by atomic mass is 32.2. The topological polar surface area (TPSA) is 93.4 Å². The third-order valence-corrected chi connectivity index (χ3v) is 7.53. The van der Waals surface area contributed by atoms with Crippen LogP contribution in [-0.4, -0.2) is 42.4 Å². The number of anilines is 1. The first-order valence-corrected chi connectivity index (χ1v) is 12.2. The summed E-state index contributed by atoms with van der Waals surface area (Å²) < 4.78 is 31.4. The molecule has 4 rings (SSSR count). The fourth-order valence-electron chi connectivity index (χ4n) is 3.34. The van der Waals surface area contributed by atoms with Crippen LogP contribution in [0.1, 0.15) is 34.3 Å². The van der Waals surface area contributed by atoms with Crippen molar-refractivity contribution in [3.63, 3.8) is 0 Å². The van der Waals surface area contributed by atoms with Crippen molar-refractivity contribution in [1.29, 1.82) is 0 Å². The molecular formula is C21H21N3O4S2. The van der Waals surface area contributed by atoms with Crippen LogP contribution >= 0.6 is 11.8 Å². The highest BCUT2D eigenvalue weighted by Gasteiger charge is 2.28. The summed E-state index contributed by atoms with van der Waals surface area (Å²) >= 11 is 1.20. The van der Waals surface area contributed by atoms with Crippen LogP contribution in [0.15, 0.2) is 58.2 Å². The maximum atomic E-state index is 12.6. The normalized spacial score (nSPS) is 13.4. The Labute approximate surface area is 179 Å². The highest BCUT2D eigenvalue weighted by Crippen LogP contribution is 2.31. The first kappa shape index (κ1) is 20.6. The van der Waals surface area contributed by atoms with E-state index in [-0.39, 0.29) is 17.3 Å². The fourth-order valence-corrected chi connectivity index (χ4v) is 5.17. The predicted molar refractivity (Wildman–Crippen MR) is 116 cm³/mol. The van der Waals surface area contributed by atoms with E-state index in [2.05, 4.69) is 10.2 Å². The van der Waals surface area contributed by atoms with Gasteiger partial charge in [-0.05, 0) is 42.7 Å². The molecule has 0 aliphatic carbocycles. The van der Waals surface area contributed by atoms with Gasteiger partial charge in [0.1, 0.15) is 0 Å². The van der Waals surface area contributed by atoms with Crippen LogP contribution in [-0.2, 0) is 22.9 Å². The number of carbonyl (C=O) groups excluding carboxylic acids is 1. The summed E-state index contributed by atoms with van der Waals surface area (Å²) in [6, 6.07) is 15.0. The Kier molecular flexibility index (Phi) is 5.92. The Morgan fingerprint density at radius 3 is 2.73 bits per heavy atom. The number of thioether (sulfide) groups is 1. The second-order valence-corrected chi connectivity index (χ2v) is 10.0. The number of hydrogen-bond donors (Lipinski definition) is 0. The third kappa shape index (κ3) is 4.41. The molecular weight excluding hydrogens is 422 g/mol. The molecule has 1 aliphatic heterocycles. The molecule has 1 aromatic heterocycles. The Morgan fingerprint density at radius 1 is 1.17 bits per heavy atom. The lowest BCUT2D eigenvalue weighted by Crippen LogP contribution is -2.30. The zero-order valence-corrected chi connectivity index (χ0v) is 18.1. The van der Waals surface area contributed by atoms with E-state index in [1.54, 1.807) is 25.1 Å². The van der Waals surface area contributed by atoms with Crippen molar-refractivity contribution < 1.29 is 17.6 Å². The van der Waals surface area contributed by atoms with Crippen LogP contribution in [0.4, 0.5) is 5.69 Å². The van der Waals surface area contributed by atoms with E-state index in [1.807, 2.05) is 30.3 Å². The summed E-state index contributed by atoms with van der Waals surface area (Å²) in [6.45, 7) is 2.05. The van der Waals surface area contributed by atoms with Crippen LogP contribution in [0.2, 0.25) is 0 Å². The minimum absolute atomic E-state index is 0.0558. The van der Waals surface area contributed by atoms with Gasteiger partial charge in [0.15, 0.2) is 5.78 Å². The number of carbonyl (C=O) groups is 1. The largest absolute Gasteiger partial charge is 0.416 e. The molecule has 3 aromatic rings. The summed E-state index contributed by atoms with van der Waals surface area (Å²) in [6.07, 6.45) is 1.15. The van der Waals surface area contributed by atoms with E-state index in [0.717, 1.165) is 11.1 Å². The minimum atomic E-state index is -3.29. The zero-order valence-electron chi connectivity index (χ0n) is 16.4. The van der Waals surface area contributed by atoms with E-state index in [9.17, 15) is 13.2 Å². The smallest absolute Gasteiger partial charge is 0.277 e. The van der Waals surface area contributed by atoms with Gasteiger partial charge in [-0.25, -0.2) is 8.42 Å². The van der Waals surface area contributed by atoms with Crippen molar-refractivity contribution in [3.8, 4) is 0 Å². The van der Waals surface area contributed by atoms with E-state index < -0.39 is 10.0 Å². The molecule has 1 aliphatic rings.